The van der Waals surface area contributed by atoms with Crippen LogP contribution in [0.3, 0.4) is 0 Å². The molecule has 0 aromatic rings. The molecule has 1 aliphatic carbocycles. The first-order valence-corrected chi connectivity index (χ1v) is 7.53. The minimum Gasteiger partial charge on any atom is -0.336 e. The van der Waals surface area contributed by atoms with Crippen LogP contribution in [-0.4, -0.2) is 36.0 Å². The summed E-state index contributed by atoms with van der Waals surface area (Å²) in [6.45, 7) is 2.28. The molecular weight excluding hydrogens is 224 g/mol. The topological polar surface area (TPSA) is 32.3 Å². The largest absolute Gasteiger partial charge is 0.336 e. The van der Waals surface area contributed by atoms with Gasteiger partial charge in [-0.15, -0.1) is 0 Å². The lowest BCUT2D eigenvalue weighted by Crippen LogP contribution is -2.39. The van der Waals surface area contributed by atoms with Gasteiger partial charge in [0.25, 0.3) is 0 Å². The highest BCUT2D eigenvalue weighted by atomic mass is 16.2. The van der Waals surface area contributed by atoms with Crippen LogP contribution in [0.1, 0.15) is 32.1 Å². The number of carbonyl (C=O) groups is 1. The highest BCUT2D eigenvalue weighted by Crippen LogP contribution is 2.47. The van der Waals surface area contributed by atoms with Gasteiger partial charge in [-0.3, -0.25) is 4.79 Å². The predicted molar refractivity (Wildman–Crippen MR) is 70.0 cm³/mol. The average molecular weight is 246 g/mol. The van der Waals surface area contributed by atoms with E-state index in [1.54, 1.807) is 0 Å². The molecule has 0 aromatic carbocycles. The van der Waals surface area contributed by atoms with Crippen LogP contribution in [0, 0.1) is 17.8 Å². The van der Waals surface area contributed by atoms with Crippen molar-refractivity contribution in [2.75, 3.05) is 13.1 Å². The van der Waals surface area contributed by atoms with E-state index in [2.05, 4.69) is 22.4 Å². The summed E-state index contributed by atoms with van der Waals surface area (Å²) in [6.07, 6.45) is 10.1. The van der Waals surface area contributed by atoms with E-state index >= 15 is 0 Å². The third kappa shape index (κ3) is 1.49. The Hall–Kier alpha value is -0.830. The van der Waals surface area contributed by atoms with Crippen molar-refractivity contribution >= 4 is 5.91 Å². The summed E-state index contributed by atoms with van der Waals surface area (Å²) in [5.74, 6) is 2.47. The quantitative estimate of drug-likeness (QED) is 0.750. The Morgan fingerprint density at radius 2 is 1.89 bits per heavy atom. The van der Waals surface area contributed by atoms with Crippen molar-refractivity contribution in [3.8, 4) is 0 Å². The summed E-state index contributed by atoms with van der Waals surface area (Å²) in [7, 11) is 0. The first-order chi connectivity index (χ1) is 8.84. The van der Waals surface area contributed by atoms with Gasteiger partial charge in [-0.25, -0.2) is 0 Å². The fourth-order valence-corrected chi connectivity index (χ4v) is 4.83. The van der Waals surface area contributed by atoms with Gasteiger partial charge in [0.1, 0.15) is 0 Å². The van der Waals surface area contributed by atoms with Crippen LogP contribution >= 0.6 is 0 Å². The van der Waals surface area contributed by atoms with Crippen LogP contribution in [0.25, 0.3) is 0 Å². The molecule has 0 saturated carbocycles. The zero-order chi connectivity index (χ0) is 12.1. The first-order valence-electron chi connectivity index (χ1n) is 7.53. The lowest BCUT2D eigenvalue weighted by atomic mass is 9.82. The highest BCUT2D eigenvalue weighted by molar-refractivity contribution is 5.78. The molecule has 4 rings (SSSR count). The molecule has 1 N–H and O–H groups in total. The maximum absolute atomic E-state index is 12.6. The standard InChI is InChI=1S/C15H22N2O/c18-15(7-10-3-1-2-4-10)17-13-5-6-14(17)12-9-16-8-11(12)13/h1,3,10-14,16H,2,4-9H2/t10-,11-,12+,13-,14+/m0/s1. The van der Waals surface area contributed by atoms with Gasteiger partial charge in [0.15, 0.2) is 0 Å². The van der Waals surface area contributed by atoms with E-state index in [9.17, 15) is 4.79 Å². The van der Waals surface area contributed by atoms with Crippen molar-refractivity contribution in [3.63, 3.8) is 0 Å². The maximum Gasteiger partial charge on any atom is 0.223 e. The Kier molecular flexibility index (Phi) is 2.51. The number of nitrogens with zero attached hydrogens (tertiary/aromatic N) is 1. The van der Waals surface area contributed by atoms with Crippen molar-refractivity contribution in [1.29, 1.82) is 0 Å². The van der Waals surface area contributed by atoms with Crippen molar-refractivity contribution in [3.05, 3.63) is 12.2 Å². The monoisotopic (exact) mass is 246 g/mol. The molecule has 3 nitrogen and oxygen atoms in total. The minimum atomic E-state index is 0.438. The van der Waals surface area contributed by atoms with Gasteiger partial charge in [-0.05, 0) is 43.4 Å². The van der Waals surface area contributed by atoms with Crippen molar-refractivity contribution in [2.24, 2.45) is 17.8 Å². The zero-order valence-electron chi connectivity index (χ0n) is 10.8. The van der Waals surface area contributed by atoms with Gasteiger partial charge in [0.05, 0.1) is 0 Å². The molecular formula is C15H22N2O. The second kappa shape index (κ2) is 4.09. The molecule has 0 spiro atoms. The molecule has 2 bridgehead atoms. The Labute approximate surface area is 109 Å². The number of fused-ring (bicyclic) bond motifs is 5. The summed E-state index contributed by atoms with van der Waals surface area (Å²) >= 11 is 0. The fraction of sp³-hybridized carbons (Fsp3) is 0.800. The Bertz CT molecular complexity index is 374. The molecule has 3 fully saturated rings. The molecule has 0 unspecified atom stereocenters. The van der Waals surface area contributed by atoms with Crippen LogP contribution in [-0.2, 0) is 4.79 Å². The zero-order valence-corrected chi connectivity index (χ0v) is 10.8. The van der Waals surface area contributed by atoms with Crippen LogP contribution < -0.4 is 5.32 Å². The second-order valence-corrected chi connectivity index (χ2v) is 6.47. The predicted octanol–water partition coefficient (Wildman–Crippen LogP) is 1.55. The Morgan fingerprint density at radius 3 is 2.50 bits per heavy atom. The number of allylic oxidation sites excluding steroid dienone is 2. The summed E-state index contributed by atoms with van der Waals surface area (Å²) in [4.78, 5) is 14.9. The number of hydrogen-bond donors (Lipinski definition) is 1. The van der Waals surface area contributed by atoms with Crippen LogP contribution in [0.5, 0.6) is 0 Å². The molecule has 4 aliphatic rings. The van der Waals surface area contributed by atoms with Gasteiger partial charge < -0.3 is 10.2 Å². The van der Waals surface area contributed by atoms with Gasteiger partial charge in [-0.2, -0.15) is 0 Å². The van der Waals surface area contributed by atoms with Crippen molar-refractivity contribution in [1.82, 2.24) is 10.2 Å². The normalized spacial score (nSPS) is 44.9. The number of hydrogen-bond acceptors (Lipinski definition) is 2. The third-order valence-corrected chi connectivity index (χ3v) is 5.61. The minimum absolute atomic E-state index is 0.438. The SMILES string of the molecule is O=C(C[C@H]1C=CCC1)N1[C@@H]2CC[C@H]1[C@H]1CNC[C@H]12. The van der Waals surface area contributed by atoms with E-state index in [4.69, 9.17) is 0 Å². The van der Waals surface area contributed by atoms with Gasteiger partial charge >= 0.3 is 0 Å². The molecule has 98 valence electrons. The summed E-state index contributed by atoms with van der Waals surface area (Å²) in [6, 6.07) is 1.13. The van der Waals surface area contributed by atoms with E-state index in [1.165, 1.54) is 25.7 Å². The van der Waals surface area contributed by atoms with Crippen molar-refractivity contribution < 1.29 is 4.79 Å². The van der Waals surface area contributed by atoms with Crippen LogP contribution in [0.15, 0.2) is 12.2 Å². The number of nitrogens with one attached hydrogen (secondary N) is 1. The highest BCUT2D eigenvalue weighted by Gasteiger charge is 2.55. The summed E-state index contributed by atoms with van der Waals surface area (Å²) in [5.41, 5.74) is 0. The molecule has 0 aromatic heterocycles. The van der Waals surface area contributed by atoms with E-state index in [1.807, 2.05) is 0 Å². The molecule has 5 atom stereocenters. The molecule has 3 heteroatoms. The van der Waals surface area contributed by atoms with Crippen LogP contribution in [0.4, 0.5) is 0 Å². The van der Waals surface area contributed by atoms with E-state index in [0.717, 1.165) is 31.3 Å². The average Bonchev–Trinajstić information content (AvgIpc) is 3.11. The molecule has 3 heterocycles. The third-order valence-electron chi connectivity index (χ3n) is 5.61. The number of rotatable bonds is 2. The smallest absolute Gasteiger partial charge is 0.223 e. The molecule has 0 radical (unpaired) electrons. The van der Waals surface area contributed by atoms with E-state index in [0.29, 0.717) is 23.9 Å². The molecule has 18 heavy (non-hydrogen) atoms. The first kappa shape index (κ1) is 11.0. The molecule has 1 amide bonds. The lowest BCUT2D eigenvalue weighted by molar-refractivity contribution is -0.133. The van der Waals surface area contributed by atoms with Gasteiger partial charge in [-0.1, -0.05) is 12.2 Å². The Balaban J connectivity index is 1.48. The second-order valence-electron chi connectivity index (χ2n) is 6.47. The van der Waals surface area contributed by atoms with Crippen molar-refractivity contribution in [2.45, 2.75) is 44.2 Å². The molecule has 3 saturated heterocycles. The summed E-state index contributed by atoms with van der Waals surface area (Å²) < 4.78 is 0. The van der Waals surface area contributed by atoms with E-state index in [-0.39, 0.29) is 0 Å². The maximum atomic E-state index is 12.6. The fourth-order valence-electron chi connectivity index (χ4n) is 4.83. The lowest BCUT2D eigenvalue weighted by Gasteiger charge is -2.25. The van der Waals surface area contributed by atoms with Crippen LogP contribution in [0.2, 0.25) is 0 Å². The Morgan fingerprint density at radius 1 is 1.17 bits per heavy atom. The summed E-state index contributed by atoms with van der Waals surface area (Å²) in [5, 5.41) is 3.51. The van der Waals surface area contributed by atoms with Gasteiger partial charge in [0, 0.05) is 31.6 Å². The molecule has 3 aliphatic heterocycles. The van der Waals surface area contributed by atoms with E-state index < -0.39 is 0 Å². The number of carbonyl (C=O) groups excluding carboxylic acids is 1. The number of amides is 1. The van der Waals surface area contributed by atoms with Gasteiger partial charge in [0.2, 0.25) is 5.91 Å².